The van der Waals surface area contributed by atoms with E-state index in [4.69, 9.17) is 4.74 Å². The molecule has 3 nitrogen and oxygen atoms in total. The Morgan fingerprint density at radius 1 is 1.45 bits per heavy atom. The maximum atomic E-state index is 11.5. The molecule has 0 N–H and O–H groups in total. The number of alkyl halides is 1. The van der Waals surface area contributed by atoms with E-state index in [-0.39, 0.29) is 13.0 Å². The summed E-state index contributed by atoms with van der Waals surface area (Å²) in [6.45, 7) is 2.39. The third-order valence-electron chi connectivity index (χ3n) is 0.993. The average Bonchev–Trinajstić information content (AvgIpc) is 1.99. The summed E-state index contributed by atoms with van der Waals surface area (Å²) in [5.41, 5.74) is 0. The first kappa shape index (κ1) is 10.4. The van der Waals surface area contributed by atoms with Gasteiger partial charge < -0.3 is 9.47 Å². The van der Waals surface area contributed by atoms with Gasteiger partial charge in [0.05, 0.1) is 19.7 Å². The van der Waals surface area contributed by atoms with Gasteiger partial charge in [-0.15, -0.1) is 0 Å². The lowest BCUT2D eigenvalue weighted by molar-refractivity contribution is -0.145. The van der Waals surface area contributed by atoms with Crippen LogP contribution in [0, 0.1) is 0 Å². The van der Waals surface area contributed by atoms with E-state index in [1.54, 1.807) is 0 Å². The molecule has 0 aliphatic heterocycles. The monoisotopic (exact) mass is 164 g/mol. The van der Waals surface area contributed by atoms with Gasteiger partial charge in [-0.25, -0.2) is 0 Å². The zero-order valence-corrected chi connectivity index (χ0v) is 6.64. The molecule has 0 atom stereocenters. The maximum Gasteiger partial charge on any atom is 0.308 e. The number of esters is 1. The van der Waals surface area contributed by atoms with E-state index in [0.29, 0.717) is 13.2 Å². The van der Waals surface area contributed by atoms with Crippen LogP contribution in [0.4, 0.5) is 4.39 Å². The fourth-order valence-electron chi connectivity index (χ4n) is 0.508. The van der Waals surface area contributed by atoms with Gasteiger partial charge in [-0.2, -0.15) is 0 Å². The predicted octanol–water partition coefficient (Wildman–Crippen LogP) is 0.926. The minimum Gasteiger partial charge on any atom is -0.463 e. The highest BCUT2D eigenvalue weighted by atomic mass is 19.1. The van der Waals surface area contributed by atoms with Crippen LogP contribution in [0.1, 0.15) is 13.3 Å². The number of halogens is 1. The Morgan fingerprint density at radius 3 is 2.73 bits per heavy atom. The average molecular weight is 164 g/mol. The van der Waals surface area contributed by atoms with Crippen molar-refractivity contribution in [3.63, 3.8) is 0 Å². The van der Waals surface area contributed by atoms with Crippen LogP contribution in [0.25, 0.3) is 0 Å². The van der Waals surface area contributed by atoms with Crippen molar-refractivity contribution in [2.45, 2.75) is 13.3 Å². The molecule has 0 aromatic heterocycles. The van der Waals surface area contributed by atoms with Crippen molar-refractivity contribution in [2.75, 3.05) is 26.5 Å². The van der Waals surface area contributed by atoms with Gasteiger partial charge in [0.1, 0.15) is 6.61 Å². The summed E-state index contributed by atoms with van der Waals surface area (Å²) < 4.78 is 21.0. The lowest BCUT2D eigenvalue weighted by atomic mass is 10.5. The summed E-state index contributed by atoms with van der Waals surface area (Å²) in [6, 6.07) is 0. The first-order valence-electron chi connectivity index (χ1n) is 3.60. The summed E-state index contributed by atoms with van der Waals surface area (Å²) in [6.07, 6.45) is -0.161. The van der Waals surface area contributed by atoms with E-state index in [1.165, 1.54) is 0 Å². The molecule has 0 fully saturated rings. The van der Waals surface area contributed by atoms with Crippen molar-refractivity contribution < 1.29 is 18.7 Å². The van der Waals surface area contributed by atoms with E-state index in [1.807, 2.05) is 6.92 Å². The SMILES string of the molecule is CCOCCOC(=O)CCF. The standard InChI is InChI=1S/C7H13FO3/c1-2-10-5-6-11-7(9)3-4-8/h2-6H2,1H3. The van der Waals surface area contributed by atoms with Gasteiger partial charge in [0.2, 0.25) is 0 Å². The topological polar surface area (TPSA) is 35.5 Å². The minimum atomic E-state index is -0.659. The second-order valence-corrected chi connectivity index (χ2v) is 1.86. The predicted molar refractivity (Wildman–Crippen MR) is 38.0 cm³/mol. The van der Waals surface area contributed by atoms with Crippen molar-refractivity contribution in [2.24, 2.45) is 0 Å². The Balaban J connectivity index is 3.04. The fraction of sp³-hybridized carbons (Fsp3) is 0.857. The van der Waals surface area contributed by atoms with Gasteiger partial charge in [0.25, 0.3) is 0 Å². The number of carbonyl (C=O) groups is 1. The smallest absolute Gasteiger partial charge is 0.308 e. The third kappa shape index (κ3) is 7.25. The van der Waals surface area contributed by atoms with Crippen LogP contribution in [0.5, 0.6) is 0 Å². The first-order valence-corrected chi connectivity index (χ1v) is 3.60. The molecule has 0 aromatic rings. The zero-order chi connectivity index (χ0) is 8.53. The van der Waals surface area contributed by atoms with Crippen molar-refractivity contribution >= 4 is 5.97 Å². The summed E-state index contributed by atoms with van der Waals surface area (Å²) in [5.74, 6) is -0.507. The molecular formula is C7H13FO3. The highest BCUT2D eigenvalue weighted by molar-refractivity contribution is 5.69. The molecule has 0 saturated carbocycles. The normalized spacial score (nSPS) is 9.64. The molecule has 0 rings (SSSR count). The van der Waals surface area contributed by atoms with E-state index in [2.05, 4.69) is 4.74 Å². The molecule has 0 aliphatic rings. The summed E-state index contributed by atoms with van der Waals surface area (Å²) >= 11 is 0. The van der Waals surface area contributed by atoms with Crippen molar-refractivity contribution in [1.82, 2.24) is 0 Å². The molecule has 0 radical (unpaired) electrons. The van der Waals surface area contributed by atoms with Gasteiger partial charge >= 0.3 is 5.97 Å². The van der Waals surface area contributed by atoms with Crippen molar-refractivity contribution in [3.8, 4) is 0 Å². The number of rotatable bonds is 6. The number of hydrogen-bond acceptors (Lipinski definition) is 3. The Bertz CT molecular complexity index is 106. The first-order chi connectivity index (χ1) is 5.31. The summed E-state index contributed by atoms with van der Waals surface area (Å²) in [5, 5.41) is 0. The molecule has 0 saturated heterocycles. The largest absolute Gasteiger partial charge is 0.463 e. The molecule has 0 unspecified atom stereocenters. The maximum absolute atomic E-state index is 11.5. The molecule has 0 heterocycles. The van der Waals surface area contributed by atoms with Crippen LogP contribution in [0.15, 0.2) is 0 Å². The van der Waals surface area contributed by atoms with Crippen LogP contribution >= 0.6 is 0 Å². The number of carbonyl (C=O) groups excluding carboxylic acids is 1. The summed E-state index contributed by atoms with van der Waals surface area (Å²) in [7, 11) is 0. The van der Waals surface area contributed by atoms with Crippen LogP contribution in [0.2, 0.25) is 0 Å². The molecule has 0 spiro atoms. The zero-order valence-electron chi connectivity index (χ0n) is 6.64. The van der Waals surface area contributed by atoms with Gasteiger partial charge in [-0.1, -0.05) is 0 Å². The van der Waals surface area contributed by atoms with E-state index < -0.39 is 12.6 Å². The molecular weight excluding hydrogens is 151 g/mol. The molecule has 66 valence electrons. The van der Waals surface area contributed by atoms with Gasteiger partial charge in [-0.3, -0.25) is 9.18 Å². The van der Waals surface area contributed by atoms with E-state index in [9.17, 15) is 9.18 Å². The molecule has 0 amide bonds. The number of ether oxygens (including phenoxy) is 2. The van der Waals surface area contributed by atoms with Gasteiger partial charge in [0, 0.05) is 6.61 Å². The van der Waals surface area contributed by atoms with E-state index in [0.717, 1.165) is 0 Å². The van der Waals surface area contributed by atoms with Gasteiger partial charge in [-0.05, 0) is 6.92 Å². The molecule has 0 aliphatic carbocycles. The lowest BCUT2D eigenvalue weighted by Gasteiger charge is -2.02. The van der Waals surface area contributed by atoms with Gasteiger partial charge in [0.15, 0.2) is 0 Å². The third-order valence-corrected chi connectivity index (χ3v) is 0.993. The molecule has 0 aromatic carbocycles. The van der Waals surface area contributed by atoms with Crippen LogP contribution < -0.4 is 0 Å². The molecule has 11 heavy (non-hydrogen) atoms. The Hall–Kier alpha value is -0.640. The van der Waals surface area contributed by atoms with Crippen molar-refractivity contribution in [1.29, 1.82) is 0 Å². The second kappa shape index (κ2) is 7.47. The fourth-order valence-corrected chi connectivity index (χ4v) is 0.508. The highest BCUT2D eigenvalue weighted by Crippen LogP contribution is 1.87. The Labute approximate surface area is 65.5 Å². The number of hydrogen-bond donors (Lipinski definition) is 0. The highest BCUT2D eigenvalue weighted by Gasteiger charge is 2.00. The Kier molecular flexibility index (Phi) is 7.03. The van der Waals surface area contributed by atoms with Crippen LogP contribution in [-0.2, 0) is 14.3 Å². The van der Waals surface area contributed by atoms with Crippen LogP contribution in [0.3, 0.4) is 0 Å². The lowest BCUT2D eigenvalue weighted by Crippen LogP contribution is -2.10. The second-order valence-electron chi connectivity index (χ2n) is 1.86. The van der Waals surface area contributed by atoms with E-state index >= 15 is 0 Å². The van der Waals surface area contributed by atoms with Crippen LogP contribution in [-0.4, -0.2) is 32.5 Å². The van der Waals surface area contributed by atoms with Crippen molar-refractivity contribution in [3.05, 3.63) is 0 Å². The molecule has 0 bridgehead atoms. The minimum absolute atomic E-state index is 0.161. The summed E-state index contributed by atoms with van der Waals surface area (Å²) in [4.78, 5) is 10.5. The Morgan fingerprint density at radius 2 is 2.18 bits per heavy atom. The quantitative estimate of drug-likeness (QED) is 0.432. The molecule has 4 heteroatoms.